The highest BCUT2D eigenvalue weighted by Crippen LogP contribution is 2.30. The van der Waals surface area contributed by atoms with Gasteiger partial charge in [0.2, 0.25) is 0 Å². The fourth-order valence-electron chi connectivity index (χ4n) is 2.64. The second-order valence-electron chi connectivity index (χ2n) is 7.53. The van der Waals surface area contributed by atoms with Crippen LogP contribution in [0.25, 0.3) is 0 Å². The van der Waals surface area contributed by atoms with Crippen molar-refractivity contribution in [1.29, 1.82) is 0 Å². The zero-order chi connectivity index (χ0) is 13.1. The summed E-state index contributed by atoms with van der Waals surface area (Å²) in [5, 5.41) is 3.79. The molecule has 1 nitrogen and oxygen atoms in total. The normalized spacial score (nSPS) is 28.4. The van der Waals surface area contributed by atoms with E-state index in [9.17, 15) is 0 Å². The van der Waals surface area contributed by atoms with E-state index < -0.39 is 0 Å². The van der Waals surface area contributed by atoms with Crippen LogP contribution in [0.4, 0.5) is 0 Å². The van der Waals surface area contributed by atoms with E-state index >= 15 is 0 Å². The Morgan fingerprint density at radius 3 is 1.94 bits per heavy atom. The minimum Gasteiger partial charge on any atom is -0.314 e. The van der Waals surface area contributed by atoms with Crippen LogP contribution in [0.1, 0.15) is 67.2 Å². The van der Waals surface area contributed by atoms with Crippen molar-refractivity contribution in [3.63, 3.8) is 0 Å². The monoisotopic (exact) mass is 239 g/mol. The van der Waals surface area contributed by atoms with Gasteiger partial charge in [-0.1, -0.05) is 41.5 Å². The predicted octanol–water partition coefficient (Wildman–Crippen LogP) is 4.47. The van der Waals surface area contributed by atoms with Crippen molar-refractivity contribution in [2.45, 2.75) is 73.3 Å². The molecular weight excluding hydrogens is 206 g/mol. The van der Waals surface area contributed by atoms with Crippen molar-refractivity contribution in [3.05, 3.63) is 0 Å². The lowest BCUT2D eigenvalue weighted by Crippen LogP contribution is -2.39. The summed E-state index contributed by atoms with van der Waals surface area (Å²) in [5.41, 5.74) is 0.433. The molecule has 1 unspecified atom stereocenters. The third kappa shape index (κ3) is 4.99. The Balaban J connectivity index is 2.23. The number of hydrogen-bond donors (Lipinski definition) is 1. The topological polar surface area (TPSA) is 12.0 Å². The van der Waals surface area contributed by atoms with E-state index in [1.807, 2.05) is 0 Å². The largest absolute Gasteiger partial charge is 0.314 e. The molecule has 0 aromatic heterocycles. The second-order valence-corrected chi connectivity index (χ2v) is 7.53. The van der Waals surface area contributed by atoms with Crippen LogP contribution in [0, 0.1) is 23.2 Å². The maximum atomic E-state index is 3.79. The lowest BCUT2D eigenvalue weighted by molar-refractivity contribution is 0.207. The molecule has 0 aromatic carbocycles. The zero-order valence-corrected chi connectivity index (χ0v) is 12.8. The molecule has 0 bridgehead atoms. The van der Waals surface area contributed by atoms with E-state index in [2.05, 4.69) is 46.9 Å². The summed E-state index contributed by atoms with van der Waals surface area (Å²) in [4.78, 5) is 0. The van der Waals surface area contributed by atoms with Gasteiger partial charge in [-0.05, 0) is 55.4 Å². The summed E-state index contributed by atoms with van der Waals surface area (Å²) in [6.45, 7) is 15.3. The van der Waals surface area contributed by atoms with Crippen LogP contribution in [0.3, 0.4) is 0 Å². The van der Waals surface area contributed by atoms with Crippen LogP contribution in [-0.2, 0) is 0 Å². The smallest absolute Gasteiger partial charge is 0.00673 e. The Labute approximate surface area is 109 Å². The molecule has 0 saturated heterocycles. The first kappa shape index (κ1) is 15.0. The van der Waals surface area contributed by atoms with Gasteiger partial charge in [0.1, 0.15) is 0 Å². The van der Waals surface area contributed by atoms with Crippen LogP contribution in [0.2, 0.25) is 0 Å². The molecule has 102 valence electrons. The molecule has 1 fully saturated rings. The number of nitrogens with one attached hydrogen (secondary N) is 1. The Morgan fingerprint density at radius 1 is 1.00 bits per heavy atom. The molecule has 17 heavy (non-hydrogen) atoms. The number of rotatable bonds is 4. The Bertz CT molecular complexity index is 206. The summed E-state index contributed by atoms with van der Waals surface area (Å²) >= 11 is 0. The molecule has 0 heterocycles. The van der Waals surface area contributed by atoms with Crippen molar-refractivity contribution in [2.24, 2.45) is 23.2 Å². The van der Waals surface area contributed by atoms with Gasteiger partial charge in [-0.3, -0.25) is 0 Å². The van der Waals surface area contributed by atoms with Crippen LogP contribution in [0.5, 0.6) is 0 Å². The van der Waals surface area contributed by atoms with Crippen LogP contribution in [0.15, 0.2) is 0 Å². The van der Waals surface area contributed by atoms with Gasteiger partial charge in [-0.25, -0.2) is 0 Å². The van der Waals surface area contributed by atoms with Crippen molar-refractivity contribution in [1.82, 2.24) is 5.32 Å². The molecule has 1 atom stereocenters. The summed E-state index contributed by atoms with van der Waals surface area (Å²) in [6.07, 6.45) is 5.64. The quantitative estimate of drug-likeness (QED) is 0.763. The average molecular weight is 239 g/mol. The molecule has 0 spiro atoms. The molecule has 1 heteroatoms. The zero-order valence-electron chi connectivity index (χ0n) is 12.8. The van der Waals surface area contributed by atoms with Gasteiger partial charge in [0.25, 0.3) is 0 Å². The molecule has 0 amide bonds. The first-order chi connectivity index (χ1) is 7.80. The van der Waals surface area contributed by atoms with Gasteiger partial charge in [0.15, 0.2) is 0 Å². The standard InChI is InChI=1S/C16H33N/c1-12(2)14-7-9-15(10-8-14)17-11-13(3)16(4,5)6/h12-15,17H,7-11H2,1-6H3. The van der Waals surface area contributed by atoms with E-state index in [1.54, 1.807) is 0 Å². The van der Waals surface area contributed by atoms with Crippen LogP contribution < -0.4 is 5.32 Å². The molecule has 0 aliphatic heterocycles. The molecule has 1 aliphatic carbocycles. The van der Waals surface area contributed by atoms with Gasteiger partial charge >= 0.3 is 0 Å². The van der Waals surface area contributed by atoms with Crippen molar-refractivity contribution in [3.8, 4) is 0 Å². The summed E-state index contributed by atoms with van der Waals surface area (Å²) in [5.74, 6) is 2.61. The summed E-state index contributed by atoms with van der Waals surface area (Å²) in [6, 6.07) is 0.787. The minimum absolute atomic E-state index is 0.433. The highest BCUT2D eigenvalue weighted by atomic mass is 14.9. The molecule has 0 radical (unpaired) electrons. The highest BCUT2D eigenvalue weighted by molar-refractivity contribution is 4.80. The maximum absolute atomic E-state index is 3.79. The summed E-state index contributed by atoms with van der Waals surface area (Å²) in [7, 11) is 0. The second kappa shape index (κ2) is 6.22. The maximum Gasteiger partial charge on any atom is 0.00673 e. The SMILES string of the molecule is CC(C)C1CCC(NCC(C)C(C)(C)C)CC1. The first-order valence-corrected chi connectivity index (χ1v) is 7.54. The van der Waals surface area contributed by atoms with Gasteiger partial charge in [0.05, 0.1) is 0 Å². The van der Waals surface area contributed by atoms with E-state index in [1.165, 1.54) is 32.2 Å². The average Bonchev–Trinajstić information content (AvgIpc) is 2.25. The lowest BCUT2D eigenvalue weighted by Gasteiger charge is -2.34. The van der Waals surface area contributed by atoms with E-state index in [-0.39, 0.29) is 0 Å². The lowest BCUT2D eigenvalue weighted by atomic mass is 9.79. The van der Waals surface area contributed by atoms with Crippen LogP contribution >= 0.6 is 0 Å². The fourth-order valence-corrected chi connectivity index (χ4v) is 2.64. The minimum atomic E-state index is 0.433. The van der Waals surface area contributed by atoms with E-state index in [0.29, 0.717) is 5.41 Å². The van der Waals surface area contributed by atoms with Crippen molar-refractivity contribution < 1.29 is 0 Å². The van der Waals surface area contributed by atoms with Gasteiger partial charge in [-0.2, -0.15) is 0 Å². The van der Waals surface area contributed by atoms with Crippen LogP contribution in [-0.4, -0.2) is 12.6 Å². The Hall–Kier alpha value is -0.0400. The molecule has 1 aliphatic rings. The Morgan fingerprint density at radius 2 is 1.53 bits per heavy atom. The molecule has 1 N–H and O–H groups in total. The van der Waals surface area contributed by atoms with Gasteiger partial charge in [0, 0.05) is 6.04 Å². The fraction of sp³-hybridized carbons (Fsp3) is 1.00. The third-order valence-electron chi connectivity index (χ3n) is 4.91. The number of hydrogen-bond acceptors (Lipinski definition) is 1. The highest BCUT2D eigenvalue weighted by Gasteiger charge is 2.25. The first-order valence-electron chi connectivity index (χ1n) is 7.54. The van der Waals surface area contributed by atoms with Crippen molar-refractivity contribution >= 4 is 0 Å². The predicted molar refractivity (Wildman–Crippen MR) is 77.2 cm³/mol. The molecule has 1 rings (SSSR count). The van der Waals surface area contributed by atoms with Gasteiger partial charge in [-0.15, -0.1) is 0 Å². The van der Waals surface area contributed by atoms with Gasteiger partial charge < -0.3 is 5.32 Å². The van der Waals surface area contributed by atoms with Crippen molar-refractivity contribution in [2.75, 3.05) is 6.54 Å². The van der Waals surface area contributed by atoms with E-state index in [4.69, 9.17) is 0 Å². The van der Waals surface area contributed by atoms with E-state index in [0.717, 1.165) is 23.8 Å². The molecule has 0 aromatic rings. The summed E-state index contributed by atoms with van der Waals surface area (Å²) < 4.78 is 0. The Kier molecular flexibility index (Phi) is 5.50. The molecule has 1 saturated carbocycles. The third-order valence-corrected chi connectivity index (χ3v) is 4.91. The molecular formula is C16H33N.